The third kappa shape index (κ3) is 4.35. The Morgan fingerprint density at radius 3 is 2.63 bits per heavy atom. The molecule has 1 unspecified atom stereocenters. The van der Waals surface area contributed by atoms with Crippen molar-refractivity contribution in [1.82, 2.24) is 10.3 Å². The Bertz CT molecular complexity index is 458. The van der Waals surface area contributed by atoms with Crippen LogP contribution >= 0.6 is 0 Å². The quantitative estimate of drug-likeness (QED) is 0.822. The molecule has 1 heterocycles. The van der Waals surface area contributed by atoms with Gasteiger partial charge in [-0.2, -0.15) is 0 Å². The zero-order chi connectivity index (χ0) is 14.4. The number of carbonyl (C=O) groups excluding carboxylic acids is 2. The first-order valence-corrected chi connectivity index (χ1v) is 6.26. The summed E-state index contributed by atoms with van der Waals surface area (Å²) < 4.78 is 4.71. The highest BCUT2D eigenvalue weighted by Gasteiger charge is 2.24. The van der Waals surface area contributed by atoms with E-state index in [1.807, 2.05) is 13.8 Å². The van der Waals surface area contributed by atoms with E-state index in [1.165, 1.54) is 7.11 Å². The number of hydrogen-bond donors (Lipinski definition) is 1. The Morgan fingerprint density at radius 1 is 1.42 bits per heavy atom. The van der Waals surface area contributed by atoms with Crippen molar-refractivity contribution in [2.75, 3.05) is 7.11 Å². The number of hydrogen-bond acceptors (Lipinski definition) is 4. The first kappa shape index (κ1) is 15.1. The van der Waals surface area contributed by atoms with Gasteiger partial charge in [0, 0.05) is 6.20 Å². The van der Waals surface area contributed by atoms with Crippen molar-refractivity contribution in [3.05, 3.63) is 29.6 Å². The highest BCUT2D eigenvalue weighted by molar-refractivity contribution is 5.96. The largest absolute Gasteiger partial charge is 0.467 e. The summed E-state index contributed by atoms with van der Waals surface area (Å²) in [5.74, 6) is -0.515. The van der Waals surface area contributed by atoms with Gasteiger partial charge in [0.25, 0.3) is 5.91 Å². The van der Waals surface area contributed by atoms with Gasteiger partial charge >= 0.3 is 5.97 Å². The number of ether oxygens (including phenoxy) is 1. The maximum Gasteiger partial charge on any atom is 0.328 e. The molecule has 1 rings (SSSR count). The van der Waals surface area contributed by atoms with Crippen molar-refractivity contribution >= 4 is 11.9 Å². The second kappa shape index (κ2) is 6.87. The molecule has 0 aliphatic heterocycles. The first-order valence-electron chi connectivity index (χ1n) is 6.26. The Balaban J connectivity index is 2.82. The number of pyridine rings is 1. The molecule has 19 heavy (non-hydrogen) atoms. The van der Waals surface area contributed by atoms with Crippen LogP contribution in [-0.4, -0.2) is 30.0 Å². The lowest BCUT2D eigenvalue weighted by Crippen LogP contribution is -2.42. The number of aromatic nitrogens is 1. The molecule has 1 aromatic heterocycles. The predicted octanol–water partition coefficient (Wildman–Crippen LogP) is 1.71. The molecule has 1 atom stereocenters. The summed E-state index contributed by atoms with van der Waals surface area (Å²) in [4.78, 5) is 27.8. The molecule has 1 aromatic rings. The zero-order valence-corrected chi connectivity index (χ0v) is 11.8. The lowest BCUT2D eigenvalue weighted by Gasteiger charge is -2.18. The smallest absolute Gasteiger partial charge is 0.328 e. The maximum absolute atomic E-state index is 12.1. The average molecular weight is 264 g/mol. The Hall–Kier alpha value is -1.91. The van der Waals surface area contributed by atoms with Gasteiger partial charge in [0.1, 0.15) is 11.7 Å². The number of nitrogens with one attached hydrogen (secondary N) is 1. The average Bonchev–Trinajstić information content (AvgIpc) is 2.36. The Morgan fingerprint density at radius 2 is 2.11 bits per heavy atom. The maximum atomic E-state index is 12.1. The van der Waals surface area contributed by atoms with Gasteiger partial charge in [0.05, 0.1) is 7.11 Å². The number of rotatable bonds is 5. The van der Waals surface area contributed by atoms with Crippen LogP contribution in [0.25, 0.3) is 0 Å². The molecule has 0 aliphatic carbocycles. The van der Waals surface area contributed by atoms with Gasteiger partial charge in [0.2, 0.25) is 0 Å². The molecule has 0 radical (unpaired) electrons. The van der Waals surface area contributed by atoms with E-state index >= 15 is 0 Å². The van der Waals surface area contributed by atoms with Crippen LogP contribution in [-0.2, 0) is 9.53 Å². The SMILES string of the molecule is COC(=O)C(CC(C)C)NC(=O)c1ncccc1C. The molecule has 104 valence electrons. The molecule has 0 bridgehead atoms. The standard InChI is InChI=1S/C14H20N2O3/c1-9(2)8-11(14(18)19-4)16-13(17)12-10(3)6-5-7-15-12/h5-7,9,11H,8H2,1-4H3,(H,16,17). The van der Waals surface area contributed by atoms with Gasteiger partial charge < -0.3 is 10.1 Å². The van der Waals surface area contributed by atoms with Crippen molar-refractivity contribution in [3.63, 3.8) is 0 Å². The second-order valence-electron chi connectivity index (χ2n) is 4.85. The highest BCUT2D eigenvalue weighted by Crippen LogP contribution is 2.09. The molecule has 0 aromatic carbocycles. The topological polar surface area (TPSA) is 68.3 Å². The van der Waals surface area contributed by atoms with Crippen LogP contribution in [0.4, 0.5) is 0 Å². The highest BCUT2D eigenvalue weighted by atomic mass is 16.5. The molecule has 5 heteroatoms. The lowest BCUT2D eigenvalue weighted by molar-refractivity contribution is -0.143. The van der Waals surface area contributed by atoms with Gasteiger partial charge in [-0.05, 0) is 30.9 Å². The molecule has 0 saturated carbocycles. The molecule has 0 saturated heterocycles. The minimum atomic E-state index is -0.640. The van der Waals surface area contributed by atoms with E-state index in [4.69, 9.17) is 4.74 Å². The summed E-state index contributed by atoms with van der Waals surface area (Å²) in [5.41, 5.74) is 1.10. The number of esters is 1. The first-order chi connectivity index (χ1) is 8.95. The van der Waals surface area contributed by atoms with Crippen LogP contribution in [0.3, 0.4) is 0 Å². The van der Waals surface area contributed by atoms with Crippen LogP contribution in [0, 0.1) is 12.8 Å². The zero-order valence-electron chi connectivity index (χ0n) is 11.8. The summed E-state index contributed by atoms with van der Waals surface area (Å²) in [7, 11) is 1.31. The molecule has 0 spiro atoms. The van der Waals surface area contributed by atoms with Gasteiger partial charge in [-0.1, -0.05) is 19.9 Å². The van der Waals surface area contributed by atoms with Crippen molar-refractivity contribution in [1.29, 1.82) is 0 Å². The van der Waals surface area contributed by atoms with E-state index < -0.39 is 12.0 Å². The van der Waals surface area contributed by atoms with E-state index in [0.717, 1.165) is 5.56 Å². The molecule has 5 nitrogen and oxygen atoms in total. The third-order valence-electron chi connectivity index (χ3n) is 2.72. The van der Waals surface area contributed by atoms with E-state index in [0.29, 0.717) is 12.1 Å². The summed E-state index contributed by atoms with van der Waals surface area (Å²) in [6.07, 6.45) is 2.09. The van der Waals surface area contributed by atoms with E-state index in [1.54, 1.807) is 25.3 Å². The van der Waals surface area contributed by atoms with Crippen LogP contribution in [0.1, 0.15) is 36.3 Å². The molecular formula is C14H20N2O3. The predicted molar refractivity (Wildman–Crippen MR) is 71.7 cm³/mol. The molecular weight excluding hydrogens is 244 g/mol. The summed E-state index contributed by atoms with van der Waals surface area (Å²) in [5, 5.41) is 2.68. The van der Waals surface area contributed by atoms with Crippen molar-refractivity contribution in [3.8, 4) is 0 Å². The van der Waals surface area contributed by atoms with Crippen LogP contribution < -0.4 is 5.32 Å². The van der Waals surface area contributed by atoms with E-state index in [9.17, 15) is 9.59 Å². The monoisotopic (exact) mass is 264 g/mol. The lowest BCUT2D eigenvalue weighted by atomic mass is 10.0. The van der Waals surface area contributed by atoms with Crippen LogP contribution in [0.2, 0.25) is 0 Å². The summed E-state index contributed by atoms with van der Waals surface area (Å²) in [6.45, 7) is 5.76. The normalized spacial score (nSPS) is 12.1. The molecule has 0 aliphatic rings. The number of nitrogens with zero attached hydrogens (tertiary/aromatic N) is 1. The summed E-state index contributed by atoms with van der Waals surface area (Å²) >= 11 is 0. The molecule has 1 N–H and O–H groups in total. The van der Waals surface area contributed by atoms with Gasteiger partial charge in [0.15, 0.2) is 0 Å². The minimum Gasteiger partial charge on any atom is -0.467 e. The van der Waals surface area contributed by atoms with Gasteiger partial charge in [-0.25, -0.2) is 4.79 Å². The van der Waals surface area contributed by atoms with Crippen LogP contribution in [0.5, 0.6) is 0 Å². The number of methoxy groups -OCH3 is 1. The second-order valence-corrected chi connectivity index (χ2v) is 4.85. The molecule has 0 fully saturated rings. The van der Waals surface area contributed by atoms with Crippen LogP contribution in [0.15, 0.2) is 18.3 Å². The summed E-state index contributed by atoms with van der Waals surface area (Å²) in [6, 6.07) is 2.93. The van der Waals surface area contributed by atoms with Gasteiger partial charge in [-0.3, -0.25) is 9.78 Å². The fraction of sp³-hybridized carbons (Fsp3) is 0.500. The fourth-order valence-corrected chi connectivity index (χ4v) is 1.78. The van der Waals surface area contributed by atoms with Crippen molar-refractivity contribution < 1.29 is 14.3 Å². The van der Waals surface area contributed by atoms with Gasteiger partial charge in [-0.15, -0.1) is 0 Å². The molecule has 1 amide bonds. The minimum absolute atomic E-state index is 0.272. The van der Waals surface area contributed by atoms with Crippen molar-refractivity contribution in [2.24, 2.45) is 5.92 Å². The van der Waals surface area contributed by atoms with E-state index in [-0.39, 0.29) is 11.8 Å². The fourth-order valence-electron chi connectivity index (χ4n) is 1.78. The number of amides is 1. The Labute approximate surface area is 113 Å². The van der Waals surface area contributed by atoms with Crippen molar-refractivity contribution in [2.45, 2.75) is 33.2 Å². The third-order valence-corrected chi connectivity index (χ3v) is 2.72. The number of aryl methyl sites for hydroxylation is 1. The Kier molecular flexibility index (Phi) is 5.48. The van der Waals surface area contributed by atoms with E-state index in [2.05, 4.69) is 10.3 Å². The number of carbonyl (C=O) groups is 2.